The summed E-state index contributed by atoms with van der Waals surface area (Å²) in [4.78, 5) is 16.4. The Bertz CT molecular complexity index is 694. The van der Waals surface area contributed by atoms with Gasteiger partial charge in [-0.1, -0.05) is 0 Å². The predicted octanol–water partition coefficient (Wildman–Crippen LogP) is 2.29. The molecule has 3 N–H and O–H groups in total. The number of imidazole rings is 1. The number of carbonyl (C=O) groups is 1. The first-order chi connectivity index (χ1) is 11.7. The van der Waals surface area contributed by atoms with Crippen molar-refractivity contribution in [3.05, 3.63) is 42.5 Å². The molecule has 26 heavy (non-hydrogen) atoms. The molecule has 1 amide bonds. The van der Waals surface area contributed by atoms with Crippen molar-refractivity contribution in [3.63, 3.8) is 0 Å². The maximum absolute atomic E-state index is 12.2. The van der Waals surface area contributed by atoms with E-state index in [-0.39, 0.29) is 36.8 Å². The van der Waals surface area contributed by atoms with Crippen LogP contribution in [0.25, 0.3) is 0 Å². The van der Waals surface area contributed by atoms with Gasteiger partial charge in [-0.25, -0.2) is 4.98 Å². The van der Waals surface area contributed by atoms with Crippen molar-refractivity contribution in [1.82, 2.24) is 9.55 Å². The van der Waals surface area contributed by atoms with Crippen LogP contribution < -0.4 is 15.8 Å². The highest BCUT2D eigenvalue weighted by Crippen LogP contribution is 2.21. The number of nitrogens with zero attached hydrogens (tertiary/aromatic N) is 2. The van der Waals surface area contributed by atoms with Crippen LogP contribution in [0.5, 0.6) is 5.75 Å². The first-order valence-corrected chi connectivity index (χ1v) is 8.01. The van der Waals surface area contributed by atoms with Crippen molar-refractivity contribution in [2.24, 2.45) is 12.8 Å². The van der Waals surface area contributed by atoms with Gasteiger partial charge in [-0.2, -0.15) is 0 Å². The summed E-state index contributed by atoms with van der Waals surface area (Å²) in [5.41, 5.74) is 6.27. The monoisotopic (exact) mass is 402 g/mol. The second kappa shape index (κ2) is 10.4. The van der Waals surface area contributed by atoms with E-state index in [1.807, 2.05) is 29.9 Å². The Hall–Kier alpha value is -1.80. The number of aromatic nitrogens is 2. The number of anilines is 1. The van der Waals surface area contributed by atoms with Gasteiger partial charge in [0.15, 0.2) is 0 Å². The van der Waals surface area contributed by atoms with Gasteiger partial charge in [0.1, 0.15) is 24.3 Å². The van der Waals surface area contributed by atoms with Crippen LogP contribution in [-0.2, 0) is 23.2 Å². The van der Waals surface area contributed by atoms with E-state index < -0.39 is 6.10 Å². The SMILES string of the molecule is Cl.Cl.Cn1ccnc1COc1ccc(NC(=O)[C@@H]2CC[C@H](CN)O2)cc1. The fourth-order valence-electron chi connectivity index (χ4n) is 2.61. The fraction of sp³-hybridized carbons (Fsp3) is 0.412. The molecule has 1 aliphatic rings. The average Bonchev–Trinajstić information content (AvgIpc) is 3.23. The number of benzene rings is 1. The molecule has 0 radical (unpaired) electrons. The fourth-order valence-corrected chi connectivity index (χ4v) is 2.61. The molecule has 2 aromatic rings. The van der Waals surface area contributed by atoms with Gasteiger partial charge in [-0.15, -0.1) is 24.8 Å². The van der Waals surface area contributed by atoms with Crippen LogP contribution in [-0.4, -0.2) is 34.2 Å². The first kappa shape index (κ1) is 22.2. The van der Waals surface area contributed by atoms with Gasteiger partial charge in [0.25, 0.3) is 5.91 Å². The van der Waals surface area contributed by atoms with Crippen molar-refractivity contribution in [2.45, 2.75) is 31.7 Å². The quantitative estimate of drug-likeness (QED) is 0.772. The Morgan fingerprint density at radius 1 is 1.35 bits per heavy atom. The molecule has 0 aliphatic carbocycles. The Kier molecular flexibility index (Phi) is 8.87. The molecule has 1 fully saturated rings. The Labute approximate surface area is 165 Å². The molecule has 1 aromatic heterocycles. The molecule has 2 heterocycles. The van der Waals surface area contributed by atoms with E-state index in [0.717, 1.165) is 18.0 Å². The summed E-state index contributed by atoms with van der Waals surface area (Å²) in [5.74, 6) is 1.43. The largest absolute Gasteiger partial charge is 0.486 e. The number of hydrogen-bond donors (Lipinski definition) is 2. The number of hydrogen-bond acceptors (Lipinski definition) is 5. The van der Waals surface area contributed by atoms with E-state index in [2.05, 4.69) is 10.3 Å². The minimum Gasteiger partial charge on any atom is -0.486 e. The number of aryl methyl sites for hydroxylation is 1. The number of amides is 1. The molecule has 7 nitrogen and oxygen atoms in total. The lowest BCUT2D eigenvalue weighted by atomic mass is 10.2. The lowest BCUT2D eigenvalue weighted by Crippen LogP contribution is -2.29. The molecule has 1 aliphatic heterocycles. The molecule has 2 atom stereocenters. The van der Waals surface area contributed by atoms with Gasteiger partial charge in [-0.05, 0) is 37.1 Å². The standard InChI is InChI=1S/C17H22N4O3.2ClH/c1-21-9-8-19-16(21)11-23-13-4-2-12(3-5-13)20-17(22)15-7-6-14(10-18)24-15;;/h2-5,8-9,14-15H,6-7,10-11,18H2,1H3,(H,20,22);2*1H/t14-,15+;;/m1../s1. The van der Waals surface area contributed by atoms with E-state index in [0.29, 0.717) is 25.3 Å². The molecule has 3 rings (SSSR count). The van der Waals surface area contributed by atoms with Crippen LogP contribution >= 0.6 is 24.8 Å². The van der Waals surface area contributed by atoms with Gasteiger partial charge in [0.2, 0.25) is 0 Å². The molecule has 1 saturated heterocycles. The van der Waals surface area contributed by atoms with Crippen LogP contribution in [0.1, 0.15) is 18.7 Å². The second-order valence-electron chi connectivity index (χ2n) is 5.82. The summed E-state index contributed by atoms with van der Waals surface area (Å²) in [6.45, 7) is 0.845. The third kappa shape index (κ3) is 5.60. The Morgan fingerprint density at radius 2 is 2.08 bits per heavy atom. The van der Waals surface area contributed by atoms with Crippen molar-refractivity contribution < 1.29 is 14.3 Å². The molecule has 9 heteroatoms. The van der Waals surface area contributed by atoms with E-state index in [4.69, 9.17) is 15.2 Å². The van der Waals surface area contributed by atoms with Gasteiger partial charge >= 0.3 is 0 Å². The molecule has 0 saturated carbocycles. The van der Waals surface area contributed by atoms with E-state index >= 15 is 0 Å². The predicted molar refractivity (Wildman–Crippen MR) is 104 cm³/mol. The van der Waals surface area contributed by atoms with Crippen molar-refractivity contribution in [1.29, 1.82) is 0 Å². The average molecular weight is 403 g/mol. The number of nitrogens with one attached hydrogen (secondary N) is 1. The summed E-state index contributed by atoms with van der Waals surface area (Å²) in [6.07, 6.45) is 4.71. The topological polar surface area (TPSA) is 91.4 Å². The second-order valence-corrected chi connectivity index (χ2v) is 5.82. The highest BCUT2D eigenvalue weighted by molar-refractivity contribution is 5.94. The molecular weight excluding hydrogens is 379 g/mol. The van der Waals surface area contributed by atoms with Crippen LogP contribution in [0.3, 0.4) is 0 Å². The minimum absolute atomic E-state index is 0. The smallest absolute Gasteiger partial charge is 0.253 e. The van der Waals surface area contributed by atoms with Gasteiger partial charge in [0, 0.05) is 31.7 Å². The maximum atomic E-state index is 12.2. The summed E-state index contributed by atoms with van der Waals surface area (Å²) >= 11 is 0. The van der Waals surface area contributed by atoms with E-state index in [1.165, 1.54) is 0 Å². The van der Waals surface area contributed by atoms with Crippen molar-refractivity contribution in [2.75, 3.05) is 11.9 Å². The third-order valence-corrected chi connectivity index (χ3v) is 4.07. The molecular formula is C17H24Cl2N4O3. The zero-order chi connectivity index (χ0) is 16.9. The first-order valence-electron chi connectivity index (χ1n) is 8.01. The summed E-state index contributed by atoms with van der Waals surface area (Å²) in [6, 6.07) is 7.25. The van der Waals surface area contributed by atoms with Crippen LogP contribution in [0, 0.1) is 0 Å². The van der Waals surface area contributed by atoms with E-state index in [1.54, 1.807) is 18.3 Å². The van der Waals surface area contributed by atoms with Crippen molar-refractivity contribution >= 4 is 36.4 Å². The summed E-state index contributed by atoms with van der Waals surface area (Å²) in [5, 5.41) is 2.86. The zero-order valence-corrected chi connectivity index (χ0v) is 16.1. The minimum atomic E-state index is -0.419. The Morgan fingerprint density at radius 3 is 2.65 bits per heavy atom. The van der Waals surface area contributed by atoms with Crippen LogP contribution in [0.4, 0.5) is 5.69 Å². The lowest BCUT2D eigenvalue weighted by Gasteiger charge is -2.13. The molecule has 0 unspecified atom stereocenters. The molecule has 1 aromatic carbocycles. The number of rotatable bonds is 6. The maximum Gasteiger partial charge on any atom is 0.253 e. The number of halogens is 2. The Balaban J connectivity index is 0.00000169. The summed E-state index contributed by atoms with van der Waals surface area (Å²) < 4.78 is 13.2. The highest BCUT2D eigenvalue weighted by Gasteiger charge is 2.29. The lowest BCUT2D eigenvalue weighted by molar-refractivity contribution is -0.126. The van der Waals surface area contributed by atoms with E-state index in [9.17, 15) is 4.79 Å². The van der Waals surface area contributed by atoms with Crippen LogP contribution in [0.2, 0.25) is 0 Å². The van der Waals surface area contributed by atoms with Crippen molar-refractivity contribution in [3.8, 4) is 5.75 Å². The zero-order valence-electron chi connectivity index (χ0n) is 14.5. The number of ether oxygens (including phenoxy) is 2. The van der Waals surface area contributed by atoms with Gasteiger partial charge < -0.3 is 25.1 Å². The number of nitrogens with two attached hydrogens (primary N) is 1. The van der Waals surface area contributed by atoms with Gasteiger partial charge in [-0.3, -0.25) is 4.79 Å². The molecule has 144 valence electrons. The van der Waals surface area contributed by atoms with Gasteiger partial charge in [0.05, 0.1) is 6.10 Å². The highest BCUT2D eigenvalue weighted by atomic mass is 35.5. The van der Waals surface area contributed by atoms with Crippen LogP contribution in [0.15, 0.2) is 36.7 Å². The molecule has 0 bridgehead atoms. The summed E-state index contributed by atoms with van der Waals surface area (Å²) in [7, 11) is 1.92. The number of carbonyl (C=O) groups excluding carboxylic acids is 1. The molecule has 0 spiro atoms. The normalized spacial score (nSPS) is 18.5. The third-order valence-electron chi connectivity index (χ3n) is 4.07.